The Kier molecular flexibility index (Phi) is 6.30. The molecule has 21 heavy (non-hydrogen) atoms. The minimum atomic E-state index is 0.321. The number of piperazine rings is 1. The van der Waals surface area contributed by atoms with Gasteiger partial charge in [-0.05, 0) is 53.2 Å². The monoisotopic (exact) mass is 372 g/mol. The molecule has 1 aromatic heterocycles. The molecule has 4 heteroatoms. The van der Waals surface area contributed by atoms with Crippen molar-refractivity contribution in [1.82, 2.24) is 10.2 Å². The molecule has 0 bridgehead atoms. The molecule has 0 aromatic carbocycles. The fraction of sp³-hybridized carbons (Fsp3) is 0.765. The van der Waals surface area contributed by atoms with Crippen molar-refractivity contribution < 1.29 is 0 Å². The number of hydrogen-bond donors (Lipinski definition) is 1. The minimum Gasteiger partial charge on any atom is -0.308 e. The van der Waals surface area contributed by atoms with E-state index in [1.807, 2.05) is 11.3 Å². The highest BCUT2D eigenvalue weighted by Crippen LogP contribution is 2.27. The molecule has 1 atom stereocenters. The third-order valence-corrected chi connectivity index (χ3v) is 6.74. The van der Waals surface area contributed by atoms with Gasteiger partial charge in [0.15, 0.2) is 0 Å². The van der Waals surface area contributed by atoms with E-state index < -0.39 is 0 Å². The summed E-state index contributed by atoms with van der Waals surface area (Å²) >= 11 is 5.44. The lowest BCUT2D eigenvalue weighted by Crippen LogP contribution is -2.65. The third-order valence-electron chi connectivity index (χ3n) is 5.06. The van der Waals surface area contributed by atoms with Crippen LogP contribution in [-0.2, 0) is 6.42 Å². The van der Waals surface area contributed by atoms with Gasteiger partial charge in [0.1, 0.15) is 0 Å². The van der Waals surface area contributed by atoms with E-state index in [4.69, 9.17) is 0 Å². The fourth-order valence-electron chi connectivity index (χ4n) is 3.38. The maximum atomic E-state index is 3.85. The van der Waals surface area contributed by atoms with E-state index in [1.165, 1.54) is 41.0 Å². The lowest BCUT2D eigenvalue weighted by molar-refractivity contribution is 0.0516. The van der Waals surface area contributed by atoms with Gasteiger partial charge in [-0.3, -0.25) is 4.90 Å². The Labute approximate surface area is 142 Å². The summed E-state index contributed by atoms with van der Waals surface area (Å²) in [6, 6.07) is 5.09. The van der Waals surface area contributed by atoms with E-state index in [0.717, 1.165) is 6.54 Å². The van der Waals surface area contributed by atoms with Gasteiger partial charge >= 0.3 is 0 Å². The van der Waals surface area contributed by atoms with E-state index in [1.54, 1.807) is 0 Å². The third kappa shape index (κ3) is 4.31. The zero-order valence-corrected chi connectivity index (χ0v) is 16.2. The predicted molar refractivity (Wildman–Crippen MR) is 97.2 cm³/mol. The highest BCUT2D eigenvalue weighted by atomic mass is 79.9. The van der Waals surface area contributed by atoms with Crippen LogP contribution in [0.2, 0.25) is 0 Å². The van der Waals surface area contributed by atoms with Crippen LogP contribution in [0.15, 0.2) is 15.9 Å². The van der Waals surface area contributed by atoms with E-state index in [9.17, 15) is 0 Å². The van der Waals surface area contributed by atoms with Crippen LogP contribution in [0.3, 0.4) is 0 Å². The van der Waals surface area contributed by atoms with E-state index in [2.05, 4.69) is 66.0 Å². The number of halogens is 1. The molecule has 1 unspecified atom stereocenters. The van der Waals surface area contributed by atoms with Gasteiger partial charge in [0.2, 0.25) is 0 Å². The first-order chi connectivity index (χ1) is 9.99. The van der Waals surface area contributed by atoms with Gasteiger partial charge in [-0.25, -0.2) is 0 Å². The van der Waals surface area contributed by atoms with Crippen LogP contribution in [-0.4, -0.2) is 36.1 Å². The van der Waals surface area contributed by atoms with E-state index in [-0.39, 0.29) is 0 Å². The van der Waals surface area contributed by atoms with Gasteiger partial charge < -0.3 is 5.32 Å². The lowest BCUT2D eigenvalue weighted by atomic mass is 9.86. The fourth-order valence-corrected chi connectivity index (χ4v) is 4.85. The zero-order valence-electron chi connectivity index (χ0n) is 13.8. The Morgan fingerprint density at radius 1 is 1.38 bits per heavy atom. The smallest absolute Gasteiger partial charge is 0.0701 e. The van der Waals surface area contributed by atoms with Crippen LogP contribution in [0.25, 0.3) is 0 Å². The number of nitrogens with one attached hydrogen (secondary N) is 1. The molecule has 0 aliphatic carbocycles. The topological polar surface area (TPSA) is 15.3 Å². The van der Waals surface area contributed by atoms with Crippen molar-refractivity contribution in [2.45, 2.75) is 58.5 Å². The maximum absolute atomic E-state index is 3.85. The standard InChI is InChI=1S/C17H29BrN2S/c1-5-17(6-2)12-20(15(11-19-17)13(3)4)10-9-14-7-8-16(18)21-14/h7-8,13,15,19H,5-6,9-12H2,1-4H3. The molecule has 2 rings (SSSR count). The molecular weight excluding hydrogens is 344 g/mol. The van der Waals surface area contributed by atoms with Gasteiger partial charge in [-0.1, -0.05) is 27.7 Å². The summed E-state index contributed by atoms with van der Waals surface area (Å²) in [5, 5.41) is 3.85. The first-order valence-electron chi connectivity index (χ1n) is 8.23. The molecule has 0 spiro atoms. The quantitative estimate of drug-likeness (QED) is 0.788. The number of hydrogen-bond acceptors (Lipinski definition) is 3. The molecular formula is C17H29BrN2S. The number of rotatable bonds is 6. The van der Waals surface area contributed by atoms with Crippen LogP contribution < -0.4 is 5.32 Å². The molecule has 1 N–H and O–H groups in total. The van der Waals surface area contributed by atoms with Gasteiger partial charge in [-0.2, -0.15) is 0 Å². The Morgan fingerprint density at radius 2 is 2.10 bits per heavy atom. The SMILES string of the molecule is CCC1(CC)CN(CCc2ccc(Br)s2)C(C(C)C)CN1. The first-order valence-corrected chi connectivity index (χ1v) is 9.84. The summed E-state index contributed by atoms with van der Waals surface area (Å²) in [5.41, 5.74) is 0.321. The summed E-state index contributed by atoms with van der Waals surface area (Å²) in [5.74, 6) is 0.708. The molecule has 1 fully saturated rings. The van der Waals surface area contributed by atoms with Crippen molar-refractivity contribution in [1.29, 1.82) is 0 Å². The second-order valence-electron chi connectivity index (χ2n) is 6.61. The average molecular weight is 373 g/mol. The van der Waals surface area contributed by atoms with Crippen LogP contribution in [0.4, 0.5) is 0 Å². The van der Waals surface area contributed by atoms with Gasteiger partial charge in [-0.15, -0.1) is 11.3 Å². The van der Waals surface area contributed by atoms with E-state index >= 15 is 0 Å². The second-order valence-corrected chi connectivity index (χ2v) is 9.15. The predicted octanol–water partition coefficient (Wildman–Crippen LogP) is 4.54. The summed E-state index contributed by atoms with van der Waals surface area (Å²) in [4.78, 5) is 4.23. The Morgan fingerprint density at radius 3 is 2.62 bits per heavy atom. The molecule has 0 saturated carbocycles. The van der Waals surface area contributed by atoms with Crippen LogP contribution in [0.5, 0.6) is 0 Å². The Balaban J connectivity index is 2.03. The van der Waals surface area contributed by atoms with Crippen molar-refractivity contribution in [3.63, 3.8) is 0 Å². The Hall–Kier alpha value is 0.1000. The van der Waals surface area contributed by atoms with Crippen molar-refractivity contribution >= 4 is 27.3 Å². The zero-order chi connectivity index (χ0) is 15.5. The van der Waals surface area contributed by atoms with Crippen LogP contribution in [0.1, 0.15) is 45.4 Å². The lowest BCUT2D eigenvalue weighted by Gasteiger charge is -2.49. The molecule has 1 aliphatic heterocycles. The number of nitrogens with zero attached hydrogens (tertiary/aromatic N) is 1. The summed E-state index contributed by atoms with van der Waals surface area (Å²) < 4.78 is 1.25. The largest absolute Gasteiger partial charge is 0.308 e. The highest BCUT2D eigenvalue weighted by Gasteiger charge is 2.37. The van der Waals surface area contributed by atoms with Crippen LogP contribution >= 0.6 is 27.3 Å². The molecule has 1 saturated heterocycles. The van der Waals surface area contributed by atoms with E-state index in [0.29, 0.717) is 17.5 Å². The van der Waals surface area contributed by atoms with Crippen molar-refractivity contribution in [3.8, 4) is 0 Å². The van der Waals surface area contributed by atoms with Crippen LogP contribution in [0, 0.1) is 5.92 Å². The minimum absolute atomic E-state index is 0.321. The maximum Gasteiger partial charge on any atom is 0.0701 e. The molecule has 120 valence electrons. The number of thiophene rings is 1. The van der Waals surface area contributed by atoms with Crippen molar-refractivity contribution in [3.05, 3.63) is 20.8 Å². The van der Waals surface area contributed by atoms with Gasteiger partial charge in [0, 0.05) is 36.1 Å². The van der Waals surface area contributed by atoms with Crippen molar-refractivity contribution in [2.75, 3.05) is 19.6 Å². The Bertz CT molecular complexity index is 440. The summed E-state index contributed by atoms with van der Waals surface area (Å²) in [6.07, 6.45) is 3.60. The molecule has 2 heterocycles. The molecule has 2 nitrogen and oxygen atoms in total. The van der Waals surface area contributed by atoms with Gasteiger partial charge in [0.05, 0.1) is 3.79 Å². The van der Waals surface area contributed by atoms with Crippen molar-refractivity contribution in [2.24, 2.45) is 5.92 Å². The normalized spacial score (nSPS) is 22.9. The molecule has 0 amide bonds. The molecule has 1 aromatic rings. The first kappa shape index (κ1) is 17.5. The summed E-state index contributed by atoms with van der Waals surface area (Å²) in [7, 11) is 0. The summed E-state index contributed by atoms with van der Waals surface area (Å²) in [6.45, 7) is 12.8. The molecule has 0 radical (unpaired) electrons. The highest BCUT2D eigenvalue weighted by molar-refractivity contribution is 9.11. The van der Waals surface area contributed by atoms with Gasteiger partial charge in [0.25, 0.3) is 0 Å². The second kappa shape index (κ2) is 7.58. The molecule has 1 aliphatic rings. The average Bonchev–Trinajstić information content (AvgIpc) is 2.90.